The van der Waals surface area contributed by atoms with E-state index in [4.69, 9.17) is 0 Å². The molecule has 1 heterocycles. The molecule has 92 valence electrons. The number of aromatic nitrogens is 1. The van der Waals surface area contributed by atoms with Gasteiger partial charge in [0.1, 0.15) is 5.75 Å². The Kier molecular flexibility index (Phi) is 2.72. The SMILES string of the molecule is O=C(c1ccccc1)c1ccc(O)c2ccncc12. The fourth-order valence-corrected chi connectivity index (χ4v) is 2.12. The lowest BCUT2D eigenvalue weighted by molar-refractivity contribution is 0.104. The lowest BCUT2D eigenvalue weighted by Crippen LogP contribution is -2.02. The maximum atomic E-state index is 12.5. The average Bonchev–Trinajstić information content (AvgIpc) is 2.48. The normalized spacial score (nSPS) is 10.5. The second-order valence-electron chi connectivity index (χ2n) is 4.25. The third-order valence-electron chi connectivity index (χ3n) is 3.08. The van der Waals surface area contributed by atoms with Crippen LogP contribution in [0.2, 0.25) is 0 Å². The first-order valence-electron chi connectivity index (χ1n) is 5.93. The van der Waals surface area contributed by atoms with Gasteiger partial charge in [0.05, 0.1) is 0 Å². The number of fused-ring (bicyclic) bond motifs is 1. The van der Waals surface area contributed by atoms with Gasteiger partial charge in [0.25, 0.3) is 0 Å². The van der Waals surface area contributed by atoms with Crippen molar-refractivity contribution in [2.75, 3.05) is 0 Å². The molecule has 0 bridgehead atoms. The van der Waals surface area contributed by atoms with E-state index in [0.717, 1.165) is 0 Å². The van der Waals surface area contributed by atoms with Crippen LogP contribution < -0.4 is 0 Å². The zero-order valence-corrected chi connectivity index (χ0v) is 10.1. The van der Waals surface area contributed by atoms with E-state index in [1.54, 1.807) is 42.7 Å². The second kappa shape index (κ2) is 4.53. The van der Waals surface area contributed by atoms with Crippen LogP contribution in [0.4, 0.5) is 0 Å². The quantitative estimate of drug-likeness (QED) is 0.710. The lowest BCUT2D eigenvalue weighted by Gasteiger charge is -2.07. The molecule has 3 rings (SSSR count). The van der Waals surface area contributed by atoms with E-state index in [1.807, 2.05) is 18.2 Å². The number of carbonyl (C=O) groups is 1. The Morgan fingerprint density at radius 1 is 0.947 bits per heavy atom. The first kappa shape index (κ1) is 11.4. The molecule has 0 aliphatic carbocycles. The summed E-state index contributed by atoms with van der Waals surface area (Å²) in [6.45, 7) is 0. The van der Waals surface area contributed by atoms with Crippen LogP contribution in [0.5, 0.6) is 5.75 Å². The van der Waals surface area contributed by atoms with Crippen LogP contribution in [0.15, 0.2) is 60.9 Å². The number of pyridine rings is 1. The molecule has 19 heavy (non-hydrogen) atoms. The van der Waals surface area contributed by atoms with Crippen molar-refractivity contribution in [2.45, 2.75) is 0 Å². The molecular weight excluding hydrogens is 238 g/mol. The van der Waals surface area contributed by atoms with E-state index in [0.29, 0.717) is 21.9 Å². The zero-order chi connectivity index (χ0) is 13.2. The highest BCUT2D eigenvalue weighted by Gasteiger charge is 2.13. The molecular formula is C16H11NO2. The number of ketones is 1. The van der Waals surface area contributed by atoms with Gasteiger partial charge in [0, 0.05) is 34.3 Å². The van der Waals surface area contributed by atoms with Crippen LogP contribution in [0.25, 0.3) is 10.8 Å². The number of phenols is 1. The lowest BCUT2D eigenvalue weighted by atomic mass is 9.98. The smallest absolute Gasteiger partial charge is 0.193 e. The molecule has 3 nitrogen and oxygen atoms in total. The molecule has 0 amide bonds. The Labute approximate surface area is 110 Å². The fourth-order valence-electron chi connectivity index (χ4n) is 2.12. The Bertz CT molecular complexity index is 751. The molecule has 0 aliphatic rings. The monoisotopic (exact) mass is 249 g/mol. The van der Waals surface area contributed by atoms with Crippen LogP contribution in [-0.2, 0) is 0 Å². The number of aromatic hydroxyl groups is 1. The molecule has 1 aromatic heterocycles. The second-order valence-corrected chi connectivity index (χ2v) is 4.25. The van der Waals surface area contributed by atoms with Gasteiger partial charge in [-0.05, 0) is 18.2 Å². The molecule has 0 saturated heterocycles. The van der Waals surface area contributed by atoms with Crippen LogP contribution in [0.1, 0.15) is 15.9 Å². The van der Waals surface area contributed by atoms with Crippen LogP contribution in [-0.4, -0.2) is 15.9 Å². The van der Waals surface area contributed by atoms with Gasteiger partial charge in [-0.3, -0.25) is 9.78 Å². The van der Waals surface area contributed by atoms with E-state index in [9.17, 15) is 9.90 Å². The minimum atomic E-state index is -0.0707. The number of nitrogens with zero attached hydrogens (tertiary/aromatic N) is 1. The van der Waals surface area contributed by atoms with Crippen molar-refractivity contribution in [1.29, 1.82) is 0 Å². The molecule has 0 spiro atoms. The van der Waals surface area contributed by atoms with Gasteiger partial charge in [-0.1, -0.05) is 30.3 Å². The fraction of sp³-hybridized carbons (Fsp3) is 0. The highest BCUT2D eigenvalue weighted by atomic mass is 16.3. The summed E-state index contributed by atoms with van der Waals surface area (Å²) in [5, 5.41) is 11.1. The first-order valence-corrected chi connectivity index (χ1v) is 5.93. The number of hydrogen-bond donors (Lipinski definition) is 1. The van der Waals surface area contributed by atoms with E-state index >= 15 is 0 Å². The molecule has 0 atom stereocenters. The molecule has 0 radical (unpaired) electrons. The number of hydrogen-bond acceptors (Lipinski definition) is 3. The molecule has 0 fully saturated rings. The van der Waals surface area contributed by atoms with Crippen LogP contribution in [0.3, 0.4) is 0 Å². The van der Waals surface area contributed by atoms with Gasteiger partial charge in [-0.2, -0.15) is 0 Å². The molecule has 2 aromatic carbocycles. The van der Waals surface area contributed by atoms with Crippen molar-refractivity contribution in [3.8, 4) is 5.75 Å². The Morgan fingerprint density at radius 3 is 2.53 bits per heavy atom. The molecule has 0 aliphatic heterocycles. The first-order chi connectivity index (χ1) is 9.27. The van der Waals surface area contributed by atoms with Gasteiger partial charge >= 0.3 is 0 Å². The van der Waals surface area contributed by atoms with E-state index < -0.39 is 0 Å². The summed E-state index contributed by atoms with van der Waals surface area (Å²) in [4.78, 5) is 16.5. The highest BCUT2D eigenvalue weighted by molar-refractivity contribution is 6.16. The summed E-state index contributed by atoms with van der Waals surface area (Å²) in [5.74, 6) is 0.0839. The number of carbonyl (C=O) groups excluding carboxylic acids is 1. The average molecular weight is 249 g/mol. The van der Waals surface area contributed by atoms with Crippen molar-refractivity contribution in [3.05, 3.63) is 72.1 Å². The number of rotatable bonds is 2. The van der Waals surface area contributed by atoms with Crippen molar-refractivity contribution in [1.82, 2.24) is 4.98 Å². The predicted molar refractivity (Wildman–Crippen MR) is 73.3 cm³/mol. The largest absolute Gasteiger partial charge is 0.507 e. The number of phenolic OH excluding ortho intramolecular Hbond substituents is 1. The summed E-state index contributed by atoms with van der Waals surface area (Å²) in [5.41, 5.74) is 1.17. The van der Waals surface area contributed by atoms with E-state index in [-0.39, 0.29) is 11.5 Å². The Morgan fingerprint density at radius 2 is 1.74 bits per heavy atom. The zero-order valence-electron chi connectivity index (χ0n) is 10.1. The summed E-state index contributed by atoms with van der Waals surface area (Å²) in [7, 11) is 0. The predicted octanol–water partition coefficient (Wildman–Crippen LogP) is 3.17. The van der Waals surface area contributed by atoms with Crippen molar-refractivity contribution in [3.63, 3.8) is 0 Å². The molecule has 3 aromatic rings. The maximum absolute atomic E-state index is 12.5. The summed E-state index contributed by atoms with van der Waals surface area (Å²) in [6, 6.07) is 13.9. The third kappa shape index (κ3) is 1.95. The van der Waals surface area contributed by atoms with E-state index in [2.05, 4.69) is 4.98 Å². The standard InChI is InChI=1S/C16H11NO2/c18-15-7-6-13(14-10-17-9-8-12(14)15)16(19)11-4-2-1-3-5-11/h1-10,18H. The third-order valence-corrected chi connectivity index (χ3v) is 3.08. The van der Waals surface area contributed by atoms with Gasteiger partial charge in [-0.15, -0.1) is 0 Å². The van der Waals surface area contributed by atoms with Crippen molar-refractivity contribution >= 4 is 16.6 Å². The Hall–Kier alpha value is -2.68. The van der Waals surface area contributed by atoms with Gasteiger partial charge in [0.15, 0.2) is 5.78 Å². The molecule has 3 heteroatoms. The van der Waals surface area contributed by atoms with Gasteiger partial charge in [0.2, 0.25) is 0 Å². The minimum absolute atomic E-state index is 0.0707. The van der Waals surface area contributed by atoms with Gasteiger partial charge < -0.3 is 5.11 Å². The molecule has 0 saturated carbocycles. The minimum Gasteiger partial charge on any atom is -0.507 e. The molecule has 1 N–H and O–H groups in total. The Balaban J connectivity index is 2.22. The number of benzene rings is 2. The summed E-state index contributed by atoms with van der Waals surface area (Å²) >= 11 is 0. The highest BCUT2D eigenvalue weighted by Crippen LogP contribution is 2.28. The van der Waals surface area contributed by atoms with Crippen molar-refractivity contribution in [2.24, 2.45) is 0 Å². The van der Waals surface area contributed by atoms with Gasteiger partial charge in [-0.25, -0.2) is 0 Å². The van der Waals surface area contributed by atoms with E-state index in [1.165, 1.54) is 0 Å². The maximum Gasteiger partial charge on any atom is 0.193 e. The summed E-state index contributed by atoms with van der Waals surface area (Å²) < 4.78 is 0. The topological polar surface area (TPSA) is 50.2 Å². The molecule has 0 unspecified atom stereocenters. The summed E-state index contributed by atoms with van der Waals surface area (Å²) in [6.07, 6.45) is 3.20. The van der Waals surface area contributed by atoms with Crippen molar-refractivity contribution < 1.29 is 9.90 Å². The van der Waals surface area contributed by atoms with Crippen LogP contribution in [0, 0.1) is 0 Å². The van der Waals surface area contributed by atoms with Crippen LogP contribution >= 0.6 is 0 Å².